The first-order chi connectivity index (χ1) is 12.7. The van der Waals surface area contributed by atoms with Gasteiger partial charge >= 0.3 is 23.9 Å². The Labute approximate surface area is 152 Å². The zero-order valence-electron chi connectivity index (χ0n) is 13.7. The van der Waals surface area contributed by atoms with Crippen LogP contribution in [0.25, 0.3) is 0 Å². The number of rotatable bonds is 8. The van der Waals surface area contributed by atoms with Crippen molar-refractivity contribution < 1.29 is 39.6 Å². The lowest BCUT2D eigenvalue weighted by Gasteiger charge is -2.28. The van der Waals surface area contributed by atoms with Crippen LogP contribution in [0.4, 0.5) is 0 Å². The van der Waals surface area contributed by atoms with Gasteiger partial charge in [0.25, 0.3) is 0 Å². The maximum atomic E-state index is 12.0. The molecule has 140 valence electrons. The van der Waals surface area contributed by atoms with Gasteiger partial charge in [-0.05, 0) is 11.6 Å². The summed E-state index contributed by atoms with van der Waals surface area (Å²) in [5.41, 5.74) is -4.63. The second-order valence-corrected chi connectivity index (χ2v) is 5.54. The molecular formula is C18H15NO8. The van der Waals surface area contributed by atoms with Crippen LogP contribution in [0, 0.1) is 0 Å². The largest absolute Gasteiger partial charge is 0.479 e. The van der Waals surface area contributed by atoms with E-state index >= 15 is 0 Å². The number of carbonyl (C=O) groups is 4. The van der Waals surface area contributed by atoms with E-state index in [0.717, 1.165) is 18.2 Å². The van der Waals surface area contributed by atoms with Crippen molar-refractivity contribution in [1.29, 1.82) is 0 Å². The second kappa shape index (κ2) is 7.67. The lowest BCUT2D eigenvalue weighted by atomic mass is 9.84. The number of nitrogens with one attached hydrogen (secondary N) is 1. The van der Waals surface area contributed by atoms with E-state index in [1.807, 2.05) is 0 Å². The summed E-state index contributed by atoms with van der Waals surface area (Å²) in [5.74, 6) is -7.13. The predicted octanol–water partition coefficient (Wildman–Crippen LogP) is 1.24. The summed E-state index contributed by atoms with van der Waals surface area (Å²) in [6.07, 6.45) is 0. The quantitative estimate of drug-likeness (QED) is 0.429. The van der Waals surface area contributed by atoms with Crippen LogP contribution in [0.2, 0.25) is 0 Å². The fourth-order valence-corrected chi connectivity index (χ4v) is 2.67. The molecule has 0 aliphatic heterocycles. The minimum Gasteiger partial charge on any atom is -0.479 e. The van der Waals surface area contributed by atoms with Crippen LogP contribution in [0.1, 0.15) is 31.8 Å². The third-order valence-electron chi connectivity index (χ3n) is 3.95. The summed E-state index contributed by atoms with van der Waals surface area (Å²) in [5, 5.41) is 40.4. The molecule has 2 aromatic carbocycles. The second-order valence-electron chi connectivity index (χ2n) is 5.54. The Morgan fingerprint density at radius 1 is 0.778 bits per heavy atom. The maximum Gasteiger partial charge on any atom is 0.340 e. The van der Waals surface area contributed by atoms with Crippen LogP contribution in [-0.2, 0) is 21.7 Å². The molecule has 0 fully saturated rings. The molecule has 0 atom stereocenters. The van der Waals surface area contributed by atoms with Crippen molar-refractivity contribution >= 4 is 23.9 Å². The van der Waals surface area contributed by atoms with E-state index in [0.29, 0.717) is 5.56 Å². The number of aliphatic carboxylic acids is 2. The smallest absolute Gasteiger partial charge is 0.340 e. The van der Waals surface area contributed by atoms with Crippen LogP contribution in [0.3, 0.4) is 0 Å². The number of hydrogen-bond donors (Lipinski definition) is 5. The van der Waals surface area contributed by atoms with E-state index in [2.05, 4.69) is 5.32 Å². The van der Waals surface area contributed by atoms with Crippen molar-refractivity contribution in [3.05, 3.63) is 70.8 Å². The third kappa shape index (κ3) is 3.62. The minimum absolute atomic E-state index is 0.213. The van der Waals surface area contributed by atoms with Crippen molar-refractivity contribution in [1.82, 2.24) is 5.32 Å². The maximum absolute atomic E-state index is 12.0. The first-order valence-corrected chi connectivity index (χ1v) is 7.57. The van der Waals surface area contributed by atoms with E-state index in [1.165, 1.54) is 0 Å². The fraction of sp³-hybridized carbons (Fsp3) is 0.111. The van der Waals surface area contributed by atoms with Crippen LogP contribution >= 0.6 is 0 Å². The zero-order chi connectivity index (χ0) is 20.2. The van der Waals surface area contributed by atoms with Gasteiger partial charge in [0.1, 0.15) is 0 Å². The van der Waals surface area contributed by atoms with Crippen molar-refractivity contribution in [2.75, 3.05) is 0 Å². The Hall–Kier alpha value is -3.72. The number of carboxylic acid groups (broad SMARTS) is 4. The van der Waals surface area contributed by atoms with E-state index < -0.39 is 46.1 Å². The minimum atomic E-state index is -2.87. The molecule has 0 radical (unpaired) electrons. The normalized spacial score (nSPS) is 11.0. The lowest BCUT2D eigenvalue weighted by molar-refractivity contribution is -0.160. The van der Waals surface area contributed by atoms with Gasteiger partial charge in [-0.1, -0.05) is 42.5 Å². The van der Waals surface area contributed by atoms with Gasteiger partial charge in [0.15, 0.2) is 0 Å². The van der Waals surface area contributed by atoms with Crippen molar-refractivity contribution in [3.8, 4) is 0 Å². The summed E-state index contributed by atoms with van der Waals surface area (Å²) < 4.78 is 0. The molecule has 0 amide bonds. The summed E-state index contributed by atoms with van der Waals surface area (Å²) in [7, 11) is 0. The van der Waals surface area contributed by atoms with E-state index in [-0.39, 0.29) is 6.54 Å². The summed E-state index contributed by atoms with van der Waals surface area (Å²) in [4.78, 5) is 46.9. The number of benzene rings is 2. The Bertz CT molecular complexity index is 893. The van der Waals surface area contributed by atoms with Crippen molar-refractivity contribution in [2.45, 2.75) is 12.1 Å². The molecule has 9 heteroatoms. The summed E-state index contributed by atoms with van der Waals surface area (Å²) in [6, 6.07) is 11.3. The molecular weight excluding hydrogens is 358 g/mol. The molecule has 0 heterocycles. The van der Waals surface area contributed by atoms with Gasteiger partial charge in [-0.3, -0.25) is 5.32 Å². The molecule has 0 bridgehead atoms. The standard InChI is InChI=1S/C18H15NO8/c20-14(21)11-7-4-8-12(13(11)15(22)23)18(16(24)25,17(26)27)19-9-10-5-2-1-3-6-10/h1-8,19H,9H2,(H,20,21)(H,22,23)(H,24,25)(H,26,27). The number of carboxylic acids is 4. The van der Waals surface area contributed by atoms with Crippen molar-refractivity contribution in [2.24, 2.45) is 0 Å². The Balaban J connectivity index is 2.70. The highest BCUT2D eigenvalue weighted by atomic mass is 16.4. The van der Waals surface area contributed by atoms with Crippen LogP contribution in [0.5, 0.6) is 0 Å². The fourth-order valence-electron chi connectivity index (χ4n) is 2.67. The molecule has 0 aliphatic carbocycles. The Morgan fingerprint density at radius 2 is 1.37 bits per heavy atom. The number of aromatic carboxylic acids is 2. The summed E-state index contributed by atoms with van der Waals surface area (Å²) >= 11 is 0. The molecule has 0 spiro atoms. The highest BCUT2D eigenvalue weighted by Gasteiger charge is 2.51. The monoisotopic (exact) mass is 373 g/mol. The zero-order valence-corrected chi connectivity index (χ0v) is 13.7. The highest BCUT2D eigenvalue weighted by molar-refractivity contribution is 6.10. The van der Waals surface area contributed by atoms with Gasteiger partial charge in [-0.25, -0.2) is 19.2 Å². The third-order valence-corrected chi connectivity index (χ3v) is 3.95. The summed E-state index contributed by atoms with van der Waals surface area (Å²) in [6.45, 7) is -0.213. The molecule has 0 saturated carbocycles. The van der Waals surface area contributed by atoms with Crippen LogP contribution in [-0.4, -0.2) is 44.3 Å². The van der Waals surface area contributed by atoms with Gasteiger partial charge in [-0.15, -0.1) is 0 Å². The topological polar surface area (TPSA) is 161 Å². The molecule has 0 aromatic heterocycles. The van der Waals surface area contributed by atoms with Gasteiger partial charge < -0.3 is 20.4 Å². The Kier molecular flexibility index (Phi) is 5.57. The average molecular weight is 373 g/mol. The van der Waals surface area contributed by atoms with Gasteiger partial charge in [0.2, 0.25) is 5.54 Å². The molecule has 5 N–H and O–H groups in total. The molecule has 9 nitrogen and oxygen atoms in total. The highest BCUT2D eigenvalue weighted by Crippen LogP contribution is 2.29. The molecule has 0 aliphatic rings. The Morgan fingerprint density at radius 3 is 1.85 bits per heavy atom. The first kappa shape index (κ1) is 19.6. The van der Waals surface area contributed by atoms with Gasteiger partial charge in [-0.2, -0.15) is 0 Å². The molecule has 0 saturated heterocycles. The average Bonchev–Trinajstić information content (AvgIpc) is 2.62. The number of hydrogen-bond acceptors (Lipinski definition) is 5. The molecule has 0 unspecified atom stereocenters. The first-order valence-electron chi connectivity index (χ1n) is 7.57. The molecule has 2 aromatic rings. The van der Waals surface area contributed by atoms with Crippen LogP contribution in [0.15, 0.2) is 48.5 Å². The lowest BCUT2D eigenvalue weighted by Crippen LogP contribution is -2.56. The molecule has 27 heavy (non-hydrogen) atoms. The van der Waals surface area contributed by atoms with Crippen LogP contribution < -0.4 is 5.32 Å². The SMILES string of the molecule is O=C(O)c1cccc(C(NCc2ccccc2)(C(=O)O)C(=O)O)c1C(=O)O. The van der Waals surface area contributed by atoms with Crippen molar-refractivity contribution in [3.63, 3.8) is 0 Å². The molecule has 2 rings (SSSR count). The van der Waals surface area contributed by atoms with E-state index in [1.54, 1.807) is 30.3 Å². The predicted molar refractivity (Wildman–Crippen MR) is 90.6 cm³/mol. The van der Waals surface area contributed by atoms with E-state index in [4.69, 9.17) is 0 Å². The van der Waals surface area contributed by atoms with Gasteiger partial charge in [0.05, 0.1) is 11.1 Å². The van der Waals surface area contributed by atoms with E-state index in [9.17, 15) is 39.6 Å². The van der Waals surface area contributed by atoms with Gasteiger partial charge in [0, 0.05) is 12.1 Å².